The number of hydrogen-bond acceptors (Lipinski definition) is 3. The maximum Gasteiger partial charge on any atom is 0.307 e. The average Bonchev–Trinajstić information content (AvgIpc) is 2.94. The van der Waals surface area contributed by atoms with Crippen molar-refractivity contribution in [3.05, 3.63) is 58.3 Å². The monoisotopic (exact) mass is 350 g/mol. The highest BCUT2D eigenvalue weighted by Crippen LogP contribution is 2.18. The fourth-order valence-electron chi connectivity index (χ4n) is 1.92. The van der Waals surface area contributed by atoms with Gasteiger partial charge in [0.05, 0.1) is 19.6 Å². The van der Waals surface area contributed by atoms with Crippen molar-refractivity contribution in [2.24, 2.45) is 0 Å². The standard InChI is InChI=1S/C15H15BrN2O3/c1-21-14(19)8-12(10-5-3-2-4-6-10)18-15(20)13-7-11(16)9-17-13/h2-7,9,12,17H,8H2,1H3,(H,18,20). The number of rotatable bonds is 5. The molecule has 1 aromatic carbocycles. The maximum atomic E-state index is 12.2. The fraction of sp³-hybridized carbons (Fsp3) is 0.200. The second-order valence-electron chi connectivity index (χ2n) is 4.45. The predicted molar refractivity (Wildman–Crippen MR) is 81.8 cm³/mol. The number of ether oxygens (including phenoxy) is 1. The Labute approximate surface area is 130 Å². The van der Waals surface area contributed by atoms with Crippen LogP contribution in [0.4, 0.5) is 0 Å². The lowest BCUT2D eigenvalue weighted by molar-refractivity contribution is -0.141. The number of methoxy groups -OCH3 is 1. The van der Waals surface area contributed by atoms with Crippen molar-refractivity contribution in [3.8, 4) is 0 Å². The quantitative estimate of drug-likeness (QED) is 0.814. The third-order valence-electron chi connectivity index (χ3n) is 3.00. The van der Waals surface area contributed by atoms with Gasteiger partial charge in [-0.2, -0.15) is 0 Å². The van der Waals surface area contributed by atoms with Crippen LogP contribution in [0.3, 0.4) is 0 Å². The van der Waals surface area contributed by atoms with Crippen LogP contribution in [-0.2, 0) is 9.53 Å². The second-order valence-corrected chi connectivity index (χ2v) is 5.36. The van der Waals surface area contributed by atoms with Crippen LogP contribution in [0.15, 0.2) is 47.1 Å². The largest absolute Gasteiger partial charge is 0.469 e. The molecule has 0 spiro atoms. The van der Waals surface area contributed by atoms with Crippen molar-refractivity contribution in [2.45, 2.75) is 12.5 Å². The summed E-state index contributed by atoms with van der Waals surface area (Å²) >= 11 is 3.28. The van der Waals surface area contributed by atoms with Crippen LogP contribution in [0, 0.1) is 0 Å². The third-order valence-corrected chi connectivity index (χ3v) is 3.46. The van der Waals surface area contributed by atoms with Gasteiger partial charge in [-0.05, 0) is 27.6 Å². The number of hydrogen-bond donors (Lipinski definition) is 2. The van der Waals surface area contributed by atoms with Crippen molar-refractivity contribution in [1.29, 1.82) is 0 Å². The number of amides is 1. The summed E-state index contributed by atoms with van der Waals surface area (Å²) in [5, 5.41) is 2.84. The molecule has 1 unspecified atom stereocenters. The Bertz CT molecular complexity index is 625. The Morgan fingerprint density at radius 3 is 2.62 bits per heavy atom. The number of H-pyrrole nitrogens is 1. The van der Waals surface area contributed by atoms with E-state index < -0.39 is 6.04 Å². The van der Waals surface area contributed by atoms with Gasteiger partial charge in [-0.25, -0.2) is 0 Å². The molecule has 0 saturated heterocycles. The van der Waals surface area contributed by atoms with Gasteiger partial charge in [-0.15, -0.1) is 0 Å². The molecule has 0 bridgehead atoms. The topological polar surface area (TPSA) is 71.2 Å². The SMILES string of the molecule is COC(=O)CC(NC(=O)c1cc(Br)c[nH]1)c1ccccc1. The van der Waals surface area contributed by atoms with E-state index in [1.165, 1.54) is 7.11 Å². The van der Waals surface area contributed by atoms with Crippen LogP contribution in [-0.4, -0.2) is 24.0 Å². The van der Waals surface area contributed by atoms with E-state index in [-0.39, 0.29) is 18.3 Å². The van der Waals surface area contributed by atoms with Gasteiger partial charge in [0, 0.05) is 10.7 Å². The summed E-state index contributed by atoms with van der Waals surface area (Å²) in [5.41, 5.74) is 1.27. The molecular formula is C15H15BrN2O3. The van der Waals surface area contributed by atoms with Gasteiger partial charge in [0.2, 0.25) is 0 Å². The lowest BCUT2D eigenvalue weighted by Gasteiger charge is -2.17. The van der Waals surface area contributed by atoms with Crippen molar-refractivity contribution >= 4 is 27.8 Å². The fourth-order valence-corrected chi connectivity index (χ4v) is 2.27. The van der Waals surface area contributed by atoms with Crippen molar-refractivity contribution in [2.75, 3.05) is 7.11 Å². The zero-order valence-corrected chi connectivity index (χ0v) is 13.0. The molecule has 0 aliphatic heterocycles. The Balaban J connectivity index is 2.16. The van der Waals surface area contributed by atoms with E-state index in [9.17, 15) is 9.59 Å². The molecule has 0 fully saturated rings. The molecule has 1 atom stereocenters. The summed E-state index contributed by atoms with van der Waals surface area (Å²) in [6.07, 6.45) is 1.75. The van der Waals surface area contributed by atoms with E-state index in [1.807, 2.05) is 30.3 Å². The highest BCUT2D eigenvalue weighted by atomic mass is 79.9. The van der Waals surface area contributed by atoms with E-state index >= 15 is 0 Å². The number of esters is 1. The Kier molecular flexibility index (Phi) is 5.16. The number of benzene rings is 1. The summed E-state index contributed by atoms with van der Waals surface area (Å²) in [6.45, 7) is 0. The first-order chi connectivity index (χ1) is 10.1. The number of carbonyl (C=O) groups excluding carboxylic acids is 2. The molecule has 2 aromatic rings. The lowest BCUT2D eigenvalue weighted by atomic mass is 10.0. The molecule has 21 heavy (non-hydrogen) atoms. The summed E-state index contributed by atoms with van der Waals surface area (Å²) in [7, 11) is 1.33. The van der Waals surface area contributed by atoms with Gasteiger partial charge in [0.1, 0.15) is 5.69 Å². The van der Waals surface area contributed by atoms with Crippen molar-refractivity contribution < 1.29 is 14.3 Å². The Morgan fingerprint density at radius 2 is 2.05 bits per heavy atom. The minimum absolute atomic E-state index is 0.0775. The second kappa shape index (κ2) is 7.08. The first-order valence-electron chi connectivity index (χ1n) is 6.36. The minimum Gasteiger partial charge on any atom is -0.469 e. The molecule has 6 heteroatoms. The zero-order chi connectivity index (χ0) is 15.2. The molecule has 1 amide bonds. The molecule has 0 saturated carbocycles. The molecule has 0 aliphatic carbocycles. The van der Waals surface area contributed by atoms with Crippen molar-refractivity contribution in [3.63, 3.8) is 0 Å². The smallest absolute Gasteiger partial charge is 0.307 e. The third kappa shape index (κ3) is 4.19. The van der Waals surface area contributed by atoms with Gasteiger partial charge < -0.3 is 15.0 Å². The van der Waals surface area contributed by atoms with Gasteiger partial charge >= 0.3 is 5.97 Å². The summed E-state index contributed by atoms with van der Waals surface area (Å²) in [6, 6.07) is 10.6. The van der Waals surface area contributed by atoms with Gasteiger partial charge in [-0.3, -0.25) is 9.59 Å². The van der Waals surface area contributed by atoms with E-state index in [4.69, 9.17) is 0 Å². The molecule has 1 heterocycles. The Hall–Kier alpha value is -2.08. The van der Waals surface area contributed by atoms with E-state index in [0.29, 0.717) is 5.69 Å². The van der Waals surface area contributed by atoms with Crippen LogP contribution in [0.5, 0.6) is 0 Å². The molecule has 2 N–H and O–H groups in total. The number of halogens is 1. The van der Waals surface area contributed by atoms with Crippen LogP contribution in [0.2, 0.25) is 0 Å². The van der Waals surface area contributed by atoms with Crippen LogP contribution >= 0.6 is 15.9 Å². The van der Waals surface area contributed by atoms with E-state index in [0.717, 1.165) is 10.0 Å². The number of aromatic nitrogens is 1. The molecular weight excluding hydrogens is 336 g/mol. The summed E-state index contributed by atoms with van der Waals surface area (Å²) in [4.78, 5) is 26.6. The first-order valence-corrected chi connectivity index (χ1v) is 7.16. The van der Waals surface area contributed by atoms with Crippen molar-refractivity contribution in [1.82, 2.24) is 10.3 Å². The lowest BCUT2D eigenvalue weighted by Crippen LogP contribution is -2.30. The minimum atomic E-state index is -0.437. The van der Waals surface area contributed by atoms with Crippen LogP contribution < -0.4 is 5.32 Å². The molecule has 0 aliphatic rings. The first kappa shape index (κ1) is 15.3. The molecule has 1 aromatic heterocycles. The van der Waals surface area contributed by atoms with Crippen LogP contribution in [0.1, 0.15) is 28.5 Å². The highest BCUT2D eigenvalue weighted by molar-refractivity contribution is 9.10. The van der Waals surface area contributed by atoms with Gasteiger partial charge in [-0.1, -0.05) is 30.3 Å². The van der Waals surface area contributed by atoms with E-state index in [1.54, 1.807) is 12.3 Å². The van der Waals surface area contributed by atoms with E-state index in [2.05, 4.69) is 31.0 Å². The van der Waals surface area contributed by atoms with Gasteiger partial charge in [0.15, 0.2) is 0 Å². The van der Waals surface area contributed by atoms with Gasteiger partial charge in [0.25, 0.3) is 5.91 Å². The number of aromatic amines is 1. The maximum absolute atomic E-state index is 12.2. The van der Waals surface area contributed by atoms with Crippen LogP contribution in [0.25, 0.3) is 0 Å². The highest BCUT2D eigenvalue weighted by Gasteiger charge is 2.20. The number of carbonyl (C=O) groups is 2. The predicted octanol–water partition coefficient (Wildman–Crippen LogP) is 2.81. The zero-order valence-electron chi connectivity index (χ0n) is 11.4. The average molecular weight is 351 g/mol. The molecule has 2 rings (SSSR count). The normalized spacial score (nSPS) is 11.7. The molecule has 0 radical (unpaired) electrons. The Morgan fingerprint density at radius 1 is 1.33 bits per heavy atom. The molecule has 110 valence electrons. The molecule has 5 nitrogen and oxygen atoms in total. The number of nitrogens with one attached hydrogen (secondary N) is 2. The summed E-state index contributed by atoms with van der Waals surface area (Å²) in [5.74, 6) is -0.657. The summed E-state index contributed by atoms with van der Waals surface area (Å²) < 4.78 is 5.48.